The summed E-state index contributed by atoms with van der Waals surface area (Å²) in [5.74, 6) is -1.55. The molecule has 0 spiro atoms. The van der Waals surface area contributed by atoms with Crippen LogP contribution in [0.2, 0.25) is 5.02 Å². The molecule has 5 aromatic rings. The minimum absolute atomic E-state index is 0.0107. The molecule has 2 aromatic heterocycles. The predicted octanol–water partition coefficient (Wildman–Crippen LogP) is 5.89. The molecule has 2 N–H and O–H groups in total. The van der Waals surface area contributed by atoms with Gasteiger partial charge in [-0.2, -0.15) is 5.10 Å². The standard InChI is InChI=1S/C26H21ClF2IN5O/c27-18-1-8-25-22(9-18)17(11-32-25)12-34(21-5-3-20(30)4-6-21)13-26(36,14-35-16-31-15-33-35)23-7-2-19(28)10-24(23)29/h1-11,15-16,32,36H,12-14H2. The molecule has 2 heterocycles. The number of nitrogens with zero attached hydrogens (tertiary/aromatic N) is 4. The van der Waals surface area contributed by atoms with Crippen LogP contribution in [-0.2, 0) is 18.7 Å². The van der Waals surface area contributed by atoms with Crippen molar-refractivity contribution in [2.45, 2.75) is 18.7 Å². The molecule has 10 heteroatoms. The van der Waals surface area contributed by atoms with Gasteiger partial charge >= 0.3 is 0 Å². The highest BCUT2D eigenvalue weighted by molar-refractivity contribution is 14.1. The maximum absolute atomic E-state index is 15.0. The monoisotopic (exact) mass is 619 g/mol. The van der Waals surface area contributed by atoms with E-state index in [4.69, 9.17) is 11.6 Å². The first-order valence-corrected chi connectivity index (χ1v) is 12.5. The Kier molecular flexibility index (Phi) is 6.96. The second-order valence-corrected chi connectivity index (χ2v) is 10.3. The van der Waals surface area contributed by atoms with Crippen molar-refractivity contribution in [3.63, 3.8) is 0 Å². The van der Waals surface area contributed by atoms with Gasteiger partial charge in [0.15, 0.2) is 0 Å². The van der Waals surface area contributed by atoms with Gasteiger partial charge in [-0.3, -0.25) is 0 Å². The van der Waals surface area contributed by atoms with Gasteiger partial charge in [0.1, 0.15) is 29.9 Å². The molecule has 0 fully saturated rings. The van der Waals surface area contributed by atoms with Gasteiger partial charge in [-0.25, -0.2) is 18.4 Å². The van der Waals surface area contributed by atoms with Crippen LogP contribution in [0.15, 0.2) is 79.5 Å². The van der Waals surface area contributed by atoms with E-state index in [2.05, 4.69) is 37.7 Å². The van der Waals surface area contributed by atoms with E-state index in [1.54, 1.807) is 0 Å². The molecule has 0 bridgehead atoms. The Morgan fingerprint density at radius 2 is 1.89 bits per heavy atom. The van der Waals surface area contributed by atoms with Gasteiger partial charge in [0.2, 0.25) is 0 Å². The van der Waals surface area contributed by atoms with E-state index < -0.39 is 17.2 Å². The highest BCUT2D eigenvalue weighted by atomic mass is 127. The van der Waals surface area contributed by atoms with Gasteiger partial charge < -0.3 is 15.0 Å². The third kappa shape index (κ3) is 5.23. The van der Waals surface area contributed by atoms with Crippen LogP contribution >= 0.6 is 34.2 Å². The van der Waals surface area contributed by atoms with Gasteiger partial charge in [0.25, 0.3) is 0 Å². The first-order valence-electron chi connectivity index (χ1n) is 11.1. The quantitative estimate of drug-likeness (QED) is 0.213. The number of H-pyrrole nitrogens is 1. The van der Waals surface area contributed by atoms with Crippen molar-refractivity contribution in [1.29, 1.82) is 0 Å². The van der Waals surface area contributed by atoms with Crippen molar-refractivity contribution < 1.29 is 13.9 Å². The van der Waals surface area contributed by atoms with E-state index in [1.807, 2.05) is 53.6 Å². The lowest BCUT2D eigenvalue weighted by molar-refractivity contribution is 0.0182. The molecular formula is C26H21ClF2IN5O. The third-order valence-electron chi connectivity index (χ3n) is 6.06. The summed E-state index contributed by atoms with van der Waals surface area (Å²) in [5.41, 5.74) is 0.912. The minimum Gasteiger partial charge on any atom is -0.381 e. The lowest BCUT2D eigenvalue weighted by atomic mass is 9.91. The van der Waals surface area contributed by atoms with Crippen LogP contribution in [0.1, 0.15) is 11.1 Å². The number of aromatic nitrogens is 4. The zero-order chi connectivity index (χ0) is 25.3. The molecule has 36 heavy (non-hydrogen) atoms. The largest absolute Gasteiger partial charge is 0.381 e. The fraction of sp³-hybridized carbons (Fsp3) is 0.154. The molecule has 0 aliphatic carbocycles. The van der Waals surface area contributed by atoms with Gasteiger partial charge in [0, 0.05) is 49.6 Å². The summed E-state index contributed by atoms with van der Waals surface area (Å²) in [5, 5.41) is 17.6. The highest BCUT2D eigenvalue weighted by Gasteiger charge is 2.36. The molecule has 0 aliphatic rings. The van der Waals surface area contributed by atoms with Crippen LogP contribution in [0.5, 0.6) is 0 Å². The fourth-order valence-corrected chi connectivity index (χ4v) is 4.89. The average molecular weight is 620 g/mol. The van der Waals surface area contributed by atoms with Crippen molar-refractivity contribution in [3.05, 3.63) is 111 Å². The molecule has 1 unspecified atom stereocenters. The number of aliphatic hydroxyl groups is 1. The number of hydrogen-bond donors (Lipinski definition) is 2. The normalized spacial score (nSPS) is 13.1. The van der Waals surface area contributed by atoms with Gasteiger partial charge in [-0.05, 0) is 76.7 Å². The number of aromatic amines is 1. The zero-order valence-corrected chi connectivity index (χ0v) is 21.8. The topological polar surface area (TPSA) is 70.0 Å². The van der Waals surface area contributed by atoms with Crippen molar-refractivity contribution in [2.24, 2.45) is 0 Å². The molecule has 0 amide bonds. The Morgan fingerprint density at radius 3 is 2.61 bits per heavy atom. The SMILES string of the molecule is OC(CN(Cc1c[nH]c2ccc(Cl)cc12)c1ccc(I)cc1)(Cn1cncn1)c1ccc(F)cc1F. The summed E-state index contributed by atoms with van der Waals surface area (Å²) in [4.78, 5) is 9.15. The summed E-state index contributed by atoms with van der Waals surface area (Å²) >= 11 is 8.48. The molecule has 0 saturated heterocycles. The molecule has 0 saturated carbocycles. The van der Waals surface area contributed by atoms with Gasteiger partial charge in [-0.1, -0.05) is 17.7 Å². The molecule has 0 aliphatic heterocycles. The number of rotatable bonds is 8. The Balaban J connectivity index is 1.58. The summed E-state index contributed by atoms with van der Waals surface area (Å²) in [7, 11) is 0. The third-order valence-corrected chi connectivity index (χ3v) is 7.01. The van der Waals surface area contributed by atoms with Crippen LogP contribution in [-0.4, -0.2) is 31.4 Å². The van der Waals surface area contributed by atoms with Crippen LogP contribution < -0.4 is 4.90 Å². The minimum atomic E-state index is -1.77. The predicted molar refractivity (Wildman–Crippen MR) is 144 cm³/mol. The summed E-state index contributed by atoms with van der Waals surface area (Å²) < 4.78 is 31.2. The zero-order valence-electron chi connectivity index (χ0n) is 18.9. The van der Waals surface area contributed by atoms with Crippen LogP contribution in [0, 0.1) is 15.2 Å². The Bertz CT molecular complexity index is 1490. The first kappa shape index (κ1) is 24.7. The number of anilines is 1. The van der Waals surface area contributed by atoms with Crippen LogP contribution in [0.3, 0.4) is 0 Å². The van der Waals surface area contributed by atoms with Crippen molar-refractivity contribution >= 4 is 50.8 Å². The first-order chi connectivity index (χ1) is 17.3. The van der Waals surface area contributed by atoms with Crippen molar-refractivity contribution in [3.8, 4) is 0 Å². The molecular weight excluding hydrogens is 599 g/mol. The van der Waals surface area contributed by atoms with E-state index in [1.165, 1.54) is 23.4 Å². The smallest absolute Gasteiger partial charge is 0.137 e. The molecule has 184 valence electrons. The van der Waals surface area contributed by atoms with Crippen LogP contribution in [0.25, 0.3) is 10.9 Å². The Morgan fingerprint density at radius 1 is 1.08 bits per heavy atom. The average Bonchev–Trinajstić information content (AvgIpc) is 3.49. The molecule has 3 aromatic carbocycles. The van der Waals surface area contributed by atoms with E-state index in [-0.39, 0.29) is 18.7 Å². The van der Waals surface area contributed by atoms with Crippen molar-refractivity contribution in [1.82, 2.24) is 19.7 Å². The summed E-state index contributed by atoms with van der Waals surface area (Å²) in [6, 6.07) is 16.6. The lowest BCUT2D eigenvalue weighted by Crippen LogP contribution is -2.44. The Hall–Kier alpha value is -3.02. The molecule has 1 atom stereocenters. The van der Waals surface area contributed by atoms with Gasteiger partial charge in [0.05, 0.1) is 13.1 Å². The van der Waals surface area contributed by atoms with Crippen molar-refractivity contribution in [2.75, 3.05) is 11.4 Å². The Labute approximate surface area is 224 Å². The molecule has 5 rings (SSSR count). The fourth-order valence-electron chi connectivity index (χ4n) is 4.36. The number of fused-ring (bicyclic) bond motifs is 1. The van der Waals surface area contributed by atoms with E-state index in [9.17, 15) is 9.50 Å². The molecule has 6 nitrogen and oxygen atoms in total. The van der Waals surface area contributed by atoms with E-state index in [0.717, 1.165) is 37.9 Å². The van der Waals surface area contributed by atoms with E-state index >= 15 is 4.39 Å². The van der Waals surface area contributed by atoms with E-state index in [0.29, 0.717) is 11.6 Å². The maximum atomic E-state index is 15.0. The maximum Gasteiger partial charge on any atom is 0.137 e. The van der Waals surface area contributed by atoms with Gasteiger partial charge in [-0.15, -0.1) is 0 Å². The highest BCUT2D eigenvalue weighted by Crippen LogP contribution is 2.32. The van der Waals surface area contributed by atoms with Crippen LogP contribution in [0.4, 0.5) is 14.5 Å². The number of halogens is 4. The number of nitrogens with one attached hydrogen (secondary N) is 1. The molecule has 0 radical (unpaired) electrons. The number of benzene rings is 3. The second kappa shape index (κ2) is 10.2. The number of hydrogen-bond acceptors (Lipinski definition) is 4. The second-order valence-electron chi connectivity index (χ2n) is 8.59. The summed E-state index contributed by atoms with van der Waals surface area (Å²) in [6.07, 6.45) is 4.69. The summed E-state index contributed by atoms with van der Waals surface area (Å²) in [6.45, 7) is 0.294. The lowest BCUT2D eigenvalue weighted by Gasteiger charge is -2.36.